The number of halogens is 4. The molecule has 0 saturated carbocycles. The van der Waals surface area contributed by atoms with E-state index in [0.29, 0.717) is 41.4 Å². The molecule has 19 heteroatoms. The fraction of sp³-hybridized carbons (Fsp3) is 0.409. The first kappa shape index (κ1) is 36.7. The number of aliphatic carboxylic acids is 1. The predicted molar refractivity (Wildman–Crippen MR) is 155 cm³/mol. The summed E-state index contributed by atoms with van der Waals surface area (Å²) in [5.41, 5.74) is -0.730. The summed E-state index contributed by atoms with van der Waals surface area (Å²) in [7, 11) is -3.50. The molecule has 41 heavy (non-hydrogen) atoms. The van der Waals surface area contributed by atoms with Crippen molar-refractivity contribution >= 4 is 91.6 Å². The van der Waals surface area contributed by atoms with Crippen LogP contribution in [0.15, 0.2) is 47.0 Å². The summed E-state index contributed by atoms with van der Waals surface area (Å²) in [6, 6.07) is 1.45. The Bertz CT molecular complexity index is 1370. The SMILES string of the molecule is COC1=C(Br)[C@@H](O)[C@]2(C=C1Br)CC(C(=O)NCCCOc1c(Br)cc(CC(NS(=O)(=O)[O-])C(=O)O)cc1Br)=NO2.[Na+]. The molecule has 0 radical (unpaired) electrons. The van der Waals surface area contributed by atoms with Crippen molar-refractivity contribution in [2.24, 2.45) is 5.16 Å². The van der Waals surface area contributed by atoms with Gasteiger partial charge in [0.25, 0.3) is 5.91 Å². The summed E-state index contributed by atoms with van der Waals surface area (Å²) in [6.45, 7) is 0.441. The Labute approximate surface area is 291 Å². The van der Waals surface area contributed by atoms with Crippen molar-refractivity contribution in [1.29, 1.82) is 0 Å². The number of aliphatic hydroxyl groups is 1. The number of methoxy groups -OCH3 is 1. The second-order valence-electron chi connectivity index (χ2n) is 8.55. The molecule has 0 bridgehead atoms. The maximum atomic E-state index is 12.6. The molecule has 1 spiro atoms. The number of carbonyl (C=O) groups is 2. The van der Waals surface area contributed by atoms with Crippen LogP contribution < -0.4 is 44.3 Å². The molecular weight excluding hydrogens is 841 g/mol. The number of carbonyl (C=O) groups excluding carboxylic acids is 1. The molecule has 1 amide bonds. The zero-order valence-electron chi connectivity index (χ0n) is 21.5. The van der Waals surface area contributed by atoms with Gasteiger partial charge < -0.3 is 34.4 Å². The third-order valence-electron chi connectivity index (χ3n) is 5.68. The standard InChI is InChI=1S/C22H23Br4N3O10S.Na/c1-37-18-13(25)8-22(19(30)16(18)26)9-15(28-39-22)20(31)27-3-2-4-38-17-11(23)5-10(6-12(17)24)7-14(21(32)33)29-40(34,35)36;/h5-6,8,14,19,29-30H,2-4,7,9H2,1H3,(H,27,31)(H,32,33)(H,34,35,36);/q;+1/p-1/t14?,19-,22+;/m1./s1. The van der Waals surface area contributed by atoms with Crippen molar-refractivity contribution in [1.82, 2.24) is 10.0 Å². The van der Waals surface area contributed by atoms with Gasteiger partial charge >= 0.3 is 35.5 Å². The maximum absolute atomic E-state index is 12.6. The van der Waals surface area contributed by atoms with Gasteiger partial charge in [0.2, 0.25) is 0 Å². The number of carboxylic acids is 1. The molecule has 13 nitrogen and oxygen atoms in total. The maximum Gasteiger partial charge on any atom is 1.00 e. The van der Waals surface area contributed by atoms with E-state index in [1.54, 1.807) is 22.9 Å². The van der Waals surface area contributed by atoms with E-state index in [4.69, 9.17) is 14.3 Å². The Hall–Kier alpha value is -0.540. The number of nitrogens with one attached hydrogen (secondary N) is 2. The first-order valence-electron chi connectivity index (χ1n) is 11.3. The van der Waals surface area contributed by atoms with Crippen molar-refractivity contribution in [3.05, 3.63) is 47.4 Å². The fourth-order valence-corrected chi connectivity index (χ4v) is 7.66. The zero-order valence-corrected chi connectivity index (χ0v) is 30.6. The number of rotatable bonds is 12. The smallest absolute Gasteiger partial charge is 0.735 e. The normalized spacial score (nSPS) is 20.9. The van der Waals surface area contributed by atoms with E-state index in [2.05, 4.69) is 74.2 Å². The topological polar surface area (TPSA) is 196 Å². The Balaban J connectivity index is 0.00000588. The number of oxime groups is 1. The summed E-state index contributed by atoms with van der Waals surface area (Å²) in [4.78, 5) is 29.4. The average molecular weight is 863 g/mol. The second kappa shape index (κ2) is 15.5. The van der Waals surface area contributed by atoms with Crippen molar-refractivity contribution in [3.8, 4) is 5.75 Å². The number of aliphatic hydroxyl groups excluding tert-OH is 1. The molecule has 220 valence electrons. The minimum atomic E-state index is -4.96. The van der Waals surface area contributed by atoms with Crippen molar-refractivity contribution < 1.29 is 76.6 Å². The number of hydrogen-bond acceptors (Lipinski definition) is 10. The summed E-state index contributed by atoms with van der Waals surface area (Å²) in [5.74, 6) is -1.15. The molecule has 1 aromatic rings. The van der Waals surface area contributed by atoms with Gasteiger partial charge in [-0.1, -0.05) is 5.16 Å². The van der Waals surface area contributed by atoms with Crippen LogP contribution in [0.25, 0.3) is 0 Å². The van der Waals surface area contributed by atoms with Crippen molar-refractivity contribution in [2.75, 3.05) is 20.3 Å². The van der Waals surface area contributed by atoms with Crippen LogP contribution in [0.5, 0.6) is 5.75 Å². The van der Waals surface area contributed by atoms with E-state index >= 15 is 0 Å². The molecule has 4 N–H and O–H groups in total. The first-order chi connectivity index (χ1) is 18.7. The number of allylic oxidation sites excluding steroid dienone is 1. The Morgan fingerprint density at radius 3 is 2.46 bits per heavy atom. The van der Waals surface area contributed by atoms with Crippen molar-refractivity contribution in [3.63, 3.8) is 0 Å². The number of ether oxygens (including phenoxy) is 2. The van der Waals surface area contributed by atoms with Crippen LogP contribution in [0.4, 0.5) is 0 Å². The van der Waals surface area contributed by atoms with Gasteiger partial charge in [-0.15, -0.1) is 0 Å². The van der Waals surface area contributed by atoms with Gasteiger partial charge in [0, 0.05) is 13.0 Å². The molecule has 0 fully saturated rings. The van der Waals surface area contributed by atoms with Gasteiger partial charge in [0.15, 0.2) is 15.9 Å². The summed E-state index contributed by atoms with van der Waals surface area (Å²) in [6.07, 6.45) is 0.630. The third kappa shape index (κ3) is 9.47. The van der Waals surface area contributed by atoms with Crippen molar-refractivity contribution in [2.45, 2.75) is 37.0 Å². The van der Waals surface area contributed by atoms with Crippen LogP contribution in [0.2, 0.25) is 0 Å². The number of benzene rings is 1. The van der Waals surface area contributed by atoms with E-state index in [-0.39, 0.29) is 61.3 Å². The molecule has 0 aromatic heterocycles. The summed E-state index contributed by atoms with van der Waals surface area (Å²) >= 11 is 13.3. The minimum Gasteiger partial charge on any atom is -0.735 e. The van der Waals surface area contributed by atoms with Crippen LogP contribution in [0.3, 0.4) is 0 Å². The van der Waals surface area contributed by atoms with Gasteiger partial charge in [-0.3, -0.25) is 9.59 Å². The second-order valence-corrected chi connectivity index (χ2v) is 13.1. The van der Waals surface area contributed by atoms with Crippen LogP contribution in [0, 0.1) is 0 Å². The van der Waals surface area contributed by atoms with Gasteiger partial charge in [0.1, 0.15) is 29.4 Å². The Morgan fingerprint density at radius 1 is 1.27 bits per heavy atom. The largest absolute Gasteiger partial charge is 1.00 e. The molecule has 1 aliphatic heterocycles. The molecule has 1 unspecified atom stereocenters. The number of carboxylic acid groups (broad SMARTS) is 1. The quantitative estimate of drug-likeness (QED) is 0.122. The summed E-state index contributed by atoms with van der Waals surface area (Å²) < 4.78 is 47.1. The van der Waals surface area contributed by atoms with Crippen LogP contribution in [-0.2, 0) is 35.9 Å². The molecule has 3 rings (SSSR count). The Kier molecular flexibility index (Phi) is 13.8. The average Bonchev–Trinajstić information content (AvgIpc) is 3.27. The molecule has 1 aliphatic carbocycles. The molecular formula is C22H22Br4N3NaO10S. The molecule has 1 aromatic carbocycles. The fourth-order valence-electron chi connectivity index (χ4n) is 3.83. The monoisotopic (exact) mass is 859 g/mol. The van der Waals surface area contributed by atoms with Gasteiger partial charge in [-0.25, -0.2) is 13.1 Å². The van der Waals surface area contributed by atoms with E-state index in [9.17, 15) is 32.8 Å². The zero-order chi connectivity index (χ0) is 29.8. The van der Waals surface area contributed by atoms with Gasteiger partial charge in [-0.2, -0.15) is 0 Å². The molecule has 1 heterocycles. The molecule has 3 atom stereocenters. The van der Waals surface area contributed by atoms with E-state index in [1.165, 1.54) is 7.11 Å². The Morgan fingerprint density at radius 2 is 1.90 bits per heavy atom. The van der Waals surface area contributed by atoms with Gasteiger partial charge in [0.05, 0.1) is 31.6 Å². The van der Waals surface area contributed by atoms with Crippen LogP contribution in [-0.4, -0.2) is 78.8 Å². The first-order valence-corrected chi connectivity index (χ1v) is 15.9. The molecule has 2 aliphatic rings. The predicted octanol–water partition coefficient (Wildman–Crippen LogP) is -0.432. The number of nitrogens with zero attached hydrogens (tertiary/aromatic N) is 1. The van der Waals surface area contributed by atoms with E-state index < -0.39 is 39.9 Å². The van der Waals surface area contributed by atoms with E-state index in [1.807, 2.05) is 0 Å². The third-order valence-corrected chi connectivity index (χ3v) is 8.81. The van der Waals surface area contributed by atoms with Crippen LogP contribution >= 0.6 is 63.7 Å². The summed E-state index contributed by atoms with van der Waals surface area (Å²) in [5, 5.41) is 26.5. The number of hydrogen-bond donors (Lipinski definition) is 4. The van der Waals surface area contributed by atoms with Gasteiger partial charge in [-0.05, 0) is 100 Å². The van der Waals surface area contributed by atoms with E-state index in [0.717, 1.165) is 0 Å². The minimum absolute atomic E-state index is 0. The molecule has 0 saturated heterocycles. The number of amides is 1. The van der Waals surface area contributed by atoms with Crippen LogP contribution in [0.1, 0.15) is 18.4 Å².